The molecule has 0 aliphatic carbocycles. The molecule has 0 fully saturated rings. The highest BCUT2D eigenvalue weighted by Gasteiger charge is 2.21. The molecule has 122 valence electrons. The van der Waals surface area contributed by atoms with Crippen LogP contribution in [-0.2, 0) is 22.5 Å². The molecule has 0 saturated heterocycles. The molecule has 2 N–H and O–H groups in total. The fourth-order valence-corrected chi connectivity index (χ4v) is 2.86. The number of nitrogens with two attached hydrogens (primary N) is 1. The van der Waals surface area contributed by atoms with E-state index in [-0.39, 0.29) is 24.7 Å². The summed E-state index contributed by atoms with van der Waals surface area (Å²) in [7, 11) is 1.57. The van der Waals surface area contributed by atoms with Gasteiger partial charge >= 0.3 is 11.1 Å². The zero-order valence-electron chi connectivity index (χ0n) is 13.1. The number of thiazole rings is 1. The highest BCUT2D eigenvalue weighted by atomic mass is 32.1. The molecule has 0 saturated carbocycles. The van der Waals surface area contributed by atoms with Gasteiger partial charge in [-0.2, -0.15) is 0 Å². The molecule has 0 aliphatic heterocycles. The molecule has 0 aliphatic rings. The lowest BCUT2D eigenvalue weighted by molar-refractivity contribution is -0.671. The molecule has 1 aromatic heterocycles. The molecular weight excluding hydrogens is 316 g/mol. The number of rotatable bonds is 7. The summed E-state index contributed by atoms with van der Waals surface area (Å²) in [4.78, 5) is 24.0. The van der Waals surface area contributed by atoms with Gasteiger partial charge in [0.2, 0.25) is 5.78 Å². The average molecular weight is 335 g/mol. The van der Waals surface area contributed by atoms with Crippen molar-refractivity contribution >= 4 is 28.2 Å². The summed E-state index contributed by atoms with van der Waals surface area (Å²) in [6.07, 6.45) is 0.0947. The van der Waals surface area contributed by atoms with E-state index < -0.39 is 0 Å². The molecule has 0 bridgehead atoms. The first-order valence-electron chi connectivity index (χ1n) is 7.13. The first kappa shape index (κ1) is 17.0. The molecule has 2 aromatic rings. The number of nitrogen functional groups attached to an aromatic ring is 1. The number of Topliss-reactive ketones (excluding diaryl/α,β-unsaturated/α-hetero) is 1. The molecule has 0 atom stereocenters. The first-order chi connectivity index (χ1) is 11.0. The molecule has 6 nitrogen and oxygen atoms in total. The number of aromatic nitrogens is 1. The highest BCUT2D eigenvalue weighted by molar-refractivity contribution is 7.13. The van der Waals surface area contributed by atoms with E-state index in [4.69, 9.17) is 15.2 Å². The smallest absolute Gasteiger partial charge is 0.332 e. The third-order valence-electron chi connectivity index (χ3n) is 3.27. The van der Waals surface area contributed by atoms with Crippen molar-refractivity contribution in [1.29, 1.82) is 0 Å². The molecule has 7 heteroatoms. The van der Waals surface area contributed by atoms with Crippen LogP contribution >= 0.6 is 11.3 Å². The van der Waals surface area contributed by atoms with Crippen LogP contribution in [0.2, 0.25) is 0 Å². The number of esters is 1. The van der Waals surface area contributed by atoms with Crippen LogP contribution in [0.1, 0.15) is 23.0 Å². The van der Waals surface area contributed by atoms with Gasteiger partial charge in [0.05, 0.1) is 13.7 Å². The van der Waals surface area contributed by atoms with Crippen LogP contribution in [0.5, 0.6) is 5.75 Å². The predicted octanol–water partition coefficient (Wildman–Crippen LogP) is 1.61. The van der Waals surface area contributed by atoms with Crippen LogP contribution in [0.3, 0.4) is 0 Å². The fraction of sp³-hybridized carbons (Fsp3) is 0.312. The number of ether oxygens (including phenoxy) is 2. The number of methoxy groups -OCH3 is 1. The second-order valence-corrected chi connectivity index (χ2v) is 5.67. The number of carbonyl (C=O) groups is 2. The largest absolute Gasteiger partial charge is 0.497 e. The minimum Gasteiger partial charge on any atom is -0.497 e. The van der Waals surface area contributed by atoms with Gasteiger partial charge in [-0.25, -0.2) is 4.57 Å². The lowest BCUT2D eigenvalue weighted by atomic mass is 10.1. The van der Waals surface area contributed by atoms with Crippen LogP contribution in [0.4, 0.5) is 5.13 Å². The van der Waals surface area contributed by atoms with Crippen molar-refractivity contribution in [3.8, 4) is 5.75 Å². The zero-order valence-corrected chi connectivity index (χ0v) is 13.9. The van der Waals surface area contributed by atoms with E-state index >= 15 is 0 Å². The molecule has 23 heavy (non-hydrogen) atoms. The monoisotopic (exact) mass is 335 g/mol. The Hall–Kier alpha value is -2.41. The Labute approximate surface area is 138 Å². The number of ketones is 1. The normalized spacial score (nSPS) is 10.3. The van der Waals surface area contributed by atoms with E-state index in [1.807, 2.05) is 0 Å². The summed E-state index contributed by atoms with van der Waals surface area (Å²) in [5.41, 5.74) is 7.16. The molecule has 1 aromatic carbocycles. The van der Waals surface area contributed by atoms with Crippen LogP contribution in [0.15, 0.2) is 29.6 Å². The SMILES string of the molecule is CCOC(=O)Cc1csc(N)[n+]1CC(=O)c1ccc(OC)cc1. The maximum absolute atomic E-state index is 12.4. The summed E-state index contributed by atoms with van der Waals surface area (Å²) in [6.45, 7) is 2.15. The molecule has 1 heterocycles. The Kier molecular flexibility index (Phi) is 5.70. The second-order valence-electron chi connectivity index (χ2n) is 4.78. The lowest BCUT2D eigenvalue weighted by Gasteiger charge is -2.05. The van der Waals surface area contributed by atoms with Crippen molar-refractivity contribution in [2.24, 2.45) is 0 Å². The maximum Gasteiger partial charge on any atom is 0.332 e. The van der Waals surface area contributed by atoms with Crippen molar-refractivity contribution in [3.63, 3.8) is 0 Å². The molecule has 0 amide bonds. The predicted molar refractivity (Wildman–Crippen MR) is 86.6 cm³/mol. The topological polar surface area (TPSA) is 82.5 Å². The molecule has 2 rings (SSSR count). The van der Waals surface area contributed by atoms with E-state index in [0.717, 1.165) is 0 Å². The van der Waals surface area contributed by atoms with Gasteiger partial charge in [-0.1, -0.05) is 11.3 Å². The number of benzene rings is 1. The molecule has 0 unspecified atom stereocenters. The quantitative estimate of drug-likeness (QED) is 0.472. The Morgan fingerprint density at radius 3 is 2.57 bits per heavy atom. The van der Waals surface area contributed by atoms with Crippen LogP contribution in [0, 0.1) is 0 Å². The average Bonchev–Trinajstić information content (AvgIpc) is 2.88. The third-order valence-corrected chi connectivity index (χ3v) is 4.12. The summed E-state index contributed by atoms with van der Waals surface area (Å²) in [6, 6.07) is 6.87. The Bertz CT molecular complexity index is 695. The molecule has 0 radical (unpaired) electrons. The first-order valence-corrected chi connectivity index (χ1v) is 8.01. The number of carbonyl (C=O) groups excluding carboxylic acids is 2. The van der Waals surface area contributed by atoms with Gasteiger partial charge in [0.25, 0.3) is 0 Å². The fourth-order valence-electron chi connectivity index (χ4n) is 2.09. The second kappa shape index (κ2) is 7.73. The van der Waals surface area contributed by atoms with Gasteiger partial charge in [0.15, 0.2) is 6.54 Å². The number of hydrogen-bond donors (Lipinski definition) is 1. The zero-order chi connectivity index (χ0) is 16.8. The summed E-state index contributed by atoms with van der Waals surface area (Å²) in [5.74, 6) is 0.260. The van der Waals surface area contributed by atoms with Gasteiger partial charge in [-0.05, 0) is 31.2 Å². The van der Waals surface area contributed by atoms with Crippen molar-refractivity contribution in [1.82, 2.24) is 0 Å². The standard InChI is InChI=1S/C16H18N2O4S/c1-3-22-15(20)8-12-10-23-16(17)18(12)9-14(19)11-4-6-13(21-2)7-5-11/h4-7,10,17H,3,8-9H2,1-2H3/p+1. The van der Waals surface area contributed by atoms with Crippen LogP contribution in [0.25, 0.3) is 0 Å². The number of nitrogens with zero attached hydrogens (tertiary/aromatic N) is 1. The Morgan fingerprint density at radius 2 is 1.96 bits per heavy atom. The maximum atomic E-state index is 12.4. The van der Waals surface area contributed by atoms with Crippen molar-refractivity contribution in [2.75, 3.05) is 19.5 Å². The minimum absolute atomic E-state index is 0.0798. The highest BCUT2D eigenvalue weighted by Crippen LogP contribution is 2.14. The Morgan fingerprint density at radius 1 is 1.26 bits per heavy atom. The van der Waals surface area contributed by atoms with Gasteiger partial charge in [-0.15, -0.1) is 0 Å². The molecule has 0 spiro atoms. The lowest BCUT2D eigenvalue weighted by Crippen LogP contribution is -2.43. The third kappa shape index (κ3) is 4.29. The van der Waals surface area contributed by atoms with E-state index in [2.05, 4.69) is 0 Å². The van der Waals surface area contributed by atoms with Gasteiger partial charge in [-0.3, -0.25) is 15.3 Å². The van der Waals surface area contributed by atoms with E-state index in [0.29, 0.717) is 28.7 Å². The minimum atomic E-state index is -0.337. The summed E-state index contributed by atoms with van der Waals surface area (Å²) in [5, 5.41) is 2.25. The summed E-state index contributed by atoms with van der Waals surface area (Å²) < 4.78 is 11.7. The van der Waals surface area contributed by atoms with Crippen LogP contribution < -0.4 is 15.0 Å². The Balaban J connectivity index is 2.13. The van der Waals surface area contributed by atoms with E-state index in [1.165, 1.54) is 11.3 Å². The van der Waals surface area contributed by atoms with Crippen LogP contribution in [-0.4, -0.2) is 25.5 Å². The van der Waals surface area contributed by atoms with Gasteiger partial charge < -0.3 is 9.47 Å². The van der Waals surface area contributed by atoms with Gasteiger partial charge in [0.1, 0.15) is 17.9 Å². The van der Waals surface area contributed by atoms with Crippen molar-refractivity contribution in [2.45, 2.75) is 19.9 Å². The van der Waals surface area contributed by atoms with E-state index in [1.54, 1.807) is 48.2 Å². The van der Waals surface area contributed by atoms with E-state index in [9.17, 15) is 9.59 Å². The van der Waals surface area contributed by atoms with Crippen molar-refractivity contribution < 1.29 is 23.6 Å². The number of anilines is 1. The summed E-state index contributed by atoms with van der Waals surface area (Å²) >= 11 is 1.30. The van der Waals surface area contributed by atoms with Gasteiger partial charge in [0, 0.05) is 10.9 Å². The van der Waals surface area contributed by atoms with Crippen molar-refractivity contribution in [3.05, 3.63) is 40.9 Å². The molecular formula is C16H19N2O4S+. The number of hydrogen-bond acceptors (Lipinski definition) is 6.